The molecule has 1 aliphatic rings. The summed E-state index contributed by atoms with van der Waals surface area (Å²) in [6.45, 7) is 6.27. The molecule has 1 aliphatic carbocycles. The van der Waals surface area contributed by atoms with Gasteiger partial charge in [0.15, 0.2) is 0 Å². The minimum atomic E-state index is -0.267. The number of rotatable bonds is 2. The van der Waals surface area contributed by atoms with Crippen molar-refractivity contribution in [2.45, 2.75) is 46.1 Å². The van der Waals surface area contributed by atoms with E-state index in [0.717, 1.165) is 5.69 Å². The van der Waals surface area contributed by atoms with Crippen LogP contribution in [0, 0.1) is 26.7 Å². The largest absolute Gasteiger partial charge is 0.387 e. The van der Waals surface area contributed by atoms with Crippen LogP contribution in [-0.2, 0) is 0 Å². The van der Waals surface area contributed by atoms with Crippen LogP contribution in [-0.4, -0.2) is 10.1 Å². The number of aliphatic hydroxyl groups excluding tert-OH is 1. The van der Waals surface area contributed by atoms with Crippen LogP contribution >= 0.6 is 0 Å². The summed E-state index contributed by atoms with van der Waals surface area (Å²) >= 11 is 0. The molecule has 1 atom stereocenters. The van der Waals surface area contributed by atoms with Gasteiger partial charge in [0, 0.05) is 11.4 Å². The van der Waals surface area contributed by atoms with Crippen LogP contribution in [0.25, 0.3) is 0 Å². The normalized spacial score (nSPS) is 19.4. The minimum absolute atomic E-state index is 0.267. The molecule has 1 fully saturated rings. The van der Waals surface area contributed by atoms with E-state index >= 15 is 0 Å². The summed E-state index contributed by atoms with van der Waals surface area (Å²) < 4.78 is 0. The summed E-state index contributed by atoms with van der Waals surface area (Å²) in [5, 5.41) is 10.1. The monoisotopic (exact) mass is 193 g/mol. The molecule has 2 rings (SSSR count). The quantitative estimate of drug-likeness (QED) is 0.744. The highest BCUT2D eigenvalue weighted by molar-refractivity contribution is 5.35. The van der Waals surface area contributed by atoms with Crippen molar-refractivity contribution in [1.82, 2.24) is 4.98 Å². The number of nitrogens with one attached hydrogen (secondary N) is 1. The van der Waals surface area contributed by atoms with Crippen molar-refractivity contribution in [3.05, 3.63) is 22.5 Å². The second-order valence-electron chi connectivity index (χ2n) is 4.55. The fraction of sp³-hybridized carbons (Fsp3) is 0.667. The second-order valence-corrected chi connectivity index (χ2v) is 4.55. The Morgan fingerprint density at radius 3 is 2.21 bits per heavy atom. The fourth-order valence-corrected chi connectivity index (χ4v) is 2.16. The third-order valence-electron chi connectivity index (χ3n) is 3.74. The molecule has 1 aromatic rings. The van der Waals surface area contributed by atoms with Crippen LogP contribution < -0.4 is 0 Å². The molecule has 0 saturated heterocycles. The first-order valence-corrected chi connectivity index (χ1v) is 5.45. The van der Waals surface area contributed by atoms with Gasteiger partial charge < -0.3 is 10.1 Å². The standard InChI is InChI=1S/C12H19NO/c1-7-8(2)11(13-9(7)3)12(14)10-5-4-6-10/h10,12-14H,4-6H2,1-3H3. The number of H-pyrrole nitrogens is 1. The average Bonchev–Trinajstić information content (AvgIpc) is 2.30. The van der Waals surface area contributed by atoms with Crippen LogP contribution in [0.15, 0.2) is 0 Å². The van der Waals surface area contributed by atoms with Crippen molar-refractivity contribution in [2.75, 3.05) is 0 Å². The van der Waals surface area contributed by atoms with E-state index in [2.05, 4.69) is 25.8 Å². The van der Waals surface area contributed by atoms with E-state index < -0.39 is 0 Å². The summed E-state index contributed by atoms with van der Waals surface area (Å²) in [4.78, 5) is 3.31. The predicted molar refractivity (Wildman–Crippen MR) is 57.3 cm³/mol. The molecule has 0 aromatic carbocycles. The van der Waals surface area contributed by atoms with E-state index in [4.69, 9.17) is 0 Å². The molecule has 0 spiro atoms. The van der Waals surface area contributed by atoms with Gasteiger partial charge >= 0.3 is 0 Å². The van der Waals surface area contributed by atoms with Gasteiger partial charge in [-0.1, -0.05) is 6.42 Å². The molecule has 1 heterocycles. The van der Waals surface area contributed by atoms with Crippen molar-refractivity contribution < 1.29 is 5.11 Å². The number of aryl methyl sites for hydroxylation is 1. The zero-order valence-electron chi connectivity index (χ0n) is 9.22. The second kappa shape index (κ2) is 3.43. The Morgan fingerprint density at radius 1 is 1.21 bits per heavy atom. The molecular formula is C12H19NO. The van der Waals surface area contributed by atoms with Crippen molar-refractivity contribution in [2.24, 2.45) is 5.92 Å². The highest BCUT2D eigenvalue weighted by Gasteiger charge is 2.29. The van der Waals surface area contributed by atoms with Crippen molar-refractivity contribution in [3.63, 3.8) is 0 Å². The molecule has 1 aromatic heterocycles. The van der Waals surface area contributed by atoms with Crippen LogP contribution in [0.4, 0.5) is 0 Å². The van der Waals surface area contributed by atoms with Gasteiger partial charge in [-0.2, -0.15) is 0 Å². The number of aromatic amines is 1. The number of aromatic nitrogens is 1. The highest BCUT2D eigenvalue weighted by Crippen LogP contribution is 2.38. The van der Waals surface area contributed by atoms with Gasteiger partial charge in [-0.25, -0.2) is 0 Å². The molecule has 2 N–H and O–H groups in total. The molecule has 0 radical (unpaired) electrons. The van der Waals surface area contributed by atoms with E-state index in [9.17, 15) is 5.11 Å². The van der Waals surface area contributed by atoms with Gasteiger partial charge in [0.05, 0.1) is 6.10 Å². The summed E-state index contributed by atoms with van der Waals surface area (Å²) in [6.07, 6.45) is 3.37. The number of hydrogen-bond acceptors (Lipinski definition) is 1. The van der Waals surface area contributed by atoms with Crippen LogP contribution in [0.2, 0.25) is 0 Å². The lowest BCUT2D eigenvalue weighted by Gasteiger charge is -2.30. The molecule has 0 aliphatic heterocycles. The van der Waals surface area contributed by atoms with Gasteiger partial charge in [-0.15, -0.1) is 0 Å². The van der Waals surface area contributed by atoms with Crippen molar-refractivity contribution in [1.29, 1.82) is 0 Å². The SMILES string of the molecule is Cc1[nH]c(C(O)C2CCC2)c(C)c1C. The minimum Gasteiger partial charge on any atom is -0.387 e. The molecule has 0 amide bonds. The first-order valence-electron chi connectivity index (χ1n) is 5.45. The third kappa shape index (κ3) is 1.38. The Balaban J connectivity index is 2.26. The van der Waals surface area contributed by atoms with E-state index in [1.54, 1.807) is 0 Å². The lowest BCUT2D eigenvalue weighted by Crippen LogP contribution is -2.20. The van der Waals surface area contributed by atoms with Gasteiger partial charge in [0.1, 0.15) is 0 Å². The van der Waals surface area contributed by atoms with E-state index in [-0.39, 0.29) is 6.10 Å². The van der Waals surface area contributed by atoms with Gasteiger partial charge in [-0.05, 0) is 50.7 Å². The fourth-order valence-electron chi connectivity index (χ4n) is 2.16. The molecular weight excluding hydrogens is 174 g/mol. The highest BCUT2D eigenvalue weighted by atomic mass is 16.3. The molecule has 1 unspecified atom stereocenters. The molecule has 0 bridgehead atoms. The topological polar surface area (TPSA) is 36.0 Å². The van der Waals surface area contributed by atoms with Gasteiger partial charge in [0.25, 0.3) is 0 Å². The Kier molecular flexibility index (Phi) is 2.40. The first-order chi connectivity index (χ1) is 6.61. The van der Waals surface area contributed by atoms with Crippen molar-refractivity contribution >= 4 is 0 Å². The Morgan fingerprint density at radius 2 is 1.86 bits per heavy atom. The maximum Gasteiger partial charge on any atom is 0.0968 e. The molecule has 1 saturated carbocycles. The van der Waals surface area contributed by atoms with E-state index in [1.807, 2.05) is 0 Å². The zero-order chi connectivity index (χ0) is 10.3. The molecule has 2 nitrogen and oxygen atoms in total. The summed E-state index contributed by atoms with van der Waals surface area (Å²) in [7, 11) is 0. The number of aliphatic hydroxyl groups is 1. The Hall–Kier alpha value is -0.760. The third-order valence-corrected chi connectivity index (χ3v) is 3.74. The van der Waals surface area contributed by atoms with E-state index in [0.29, 0.717) is 5.92 Å². The van der Waals surface area contributed by atoms with Crippen LogP contribution in [0.1, 0.15) is 47.9 Å². The van der Waals surface area contributed by atoms with Crippen molar-refractivity contribution in [3.8, 4) is 0 Å². The molecule has 14 heavy (non-hydrogen) atoms. The van der Waals surface area contributed by atoms with Crippen LogP contribution in [0.5, 0.6) is 0 Å². The maximum absolute atomic E-state index is 10.1. The number of hydrogen-bond donors (Lipinski definition) is 2. The predicted octanol–water partition coefficient (Wildman–Crippen LogP) is 2.77. The summed E-state index contributed by atoms with van der Waals surface area (Å²) in [5.74, 6) is 0.492. The van der Waals surface area contributed by atoms with Gasteiger partial charge in [-0.3, -0.25) is 0 Å². The maximum atomic E-state index is 10.1. The Bertz CT molecular complexity index is 336. The zero-order valence-corrected chi connectivity index (χ0v) is 9.22. The van der Waals surface area contributed by atoms with Crippen LogP contribution in [0.3, 0.4) is 0 Å². The first kappa shape index (κ1) is 9.78. The Labute approximate surface area is 85.3 Å². The lowest BCUT2D eigenvalue weighted by molar-refractivity contribution is 0.0585. The molecule has 78 valence electrons. The smallest absolute Gasteiger partial charge is 0.0968 e. The van der Waals surface area contributed by atoms with Gasteiger partial charge in [0.2, 0.25) is 0 Å². The summed E-state index contributed by atoms with van der Waals surface area (Å²) in [6, 6.07) is 0. The van der Waals surface area contributed by atoms with E-state index in [1.165, 1.54) is 36.1 Å². The summed E-state index contributed by atoms with van der Waals surface area (Å²) in [5.41, 5.74) is 4.76. The molecule has 2 heteroatoms. The average molecular weight is 193 g/mol. The lowest BCUT2D eigenvalue weighted by atomic mass is 9.79.